The minimum absolute atomic E-state index is 0.0641. The molecule has 0 unspecified atom stereocenters. The van der Waals surface area contributed by atoms with Crippen molar-refractivity contribution in [3.8, 4) is 5.75 Å². The quantitative estimate of drug-likeness (QED) is 0.606. The van der Waals surface area contributed by atoms with E-state index in [1.54, 1.807) is 14.0 Å². The number of carbonyl (C=O) groups is 2. The lowest BCUT2D eigenvalue weighted by Gasteiger charge is -2.22. The number of aromatic amines is 1. The van der Waals surface area contributed by atoms with Gasteiger partial charge in [0.2, 0.25) is 0 Å². The van der Waals surface area contributed by atoms with E-state index in [2.05, 4.69) is 4.98 Å². The summed E-state index contributed by atoms with van der Waals surface area (Å²) in [5.41, 5.74) is 4.76. The molecule has 154 valence electrons. The van der Waals surface area contributed by atoms with Crippen molar-refractivity contribution in [2.45, 2.75) is 32.1 Å². The molecule has 0 saturated carbocycles. The van der Waals surface area contributed by atoms with Crippen molar-refractivity contribution in [1.82, 2.24) is 4.98 Å². The predicted molar refractivity (Wildman–Crippen MR) is 114 cm³/mol. The van der Waals surface area contributed by atoms with Gasteiger partial charge in [-0.15, -0.1) is 0 Å². The molecule has 0 bridgehead atoms. The molecule has 0 aliphatic heterocycles. The fourth-order valence-electron chi connectivity index (χ4n) is 4.20. The van der Waals surface area contributed by atoms with E-state index in [9.17, 15) is 9.59 Å². The normalized spacial score (nSPS) is 15.5. The van der Waals surface area contributed by atoms with Crippen LogP contribution in [0.5, 0.6) is 5.75 Å². The number of nitrogens with one attached hydrogen (secondary N) is 1. The van der Waals surface area contributed by atoms with Crippen molar-refractivity contribution in [2.24, 2.45) is 0 Å². The van der Waals surface area contributed by atoms with Crippen LogP contribution in [0.2, 0.25) is 0 Å². The van der Waals surface area contributed by atoms with E-state index in [0.29, 0.717) is 30.5 Å². The first kappa shape index (κ1) is 20.0. The third-order valence-corrected chi connectivity index (χ3v) is 5.63. The SMILES string of the molecule is CCOC(=O)c1[nH]c2c(c1Cc1ccccc1)C(=O)C[C@H](c1ccc(OC)cc1)C2. The van der Waals surface area contributed by atoms with Crippen molar-refractivity contribution in [3.05, 3.63) is 88.2 Å². The Morgan fingerprint density at radius 3 is 2.47 bits per heavy atom. The van der Waals surface area contributed by atoms with Gasteiger partial charge in [0.1, 0.15) is 11.4 Å². The molecule has 2 aromatic carbocycles. The fraction of sp³-hybridized carbons (Fsp3) is 0.280. The molecule has 1 aliphatic rings. The van der Waals surface area contributed by atoms with Gasteiger partial charge in [-0.1, -0.05) is 42.5 Å². The van der Waals surface area contributed by atoms with Gasteiger partial charge in [0.25, 0.3) is 0 Å². The molecule has 0 spiro atoms. The maximum Gasteiger partial charge on any atom is 0.355 e. The van der Waals surface area contributed by atoms with Crippen LogP contribution in [0.25, 0.3) is 0 Å². The first-order valence-electron chi connectivity index (χ1n) is 10.2. The van der Waals surface area contributed by atoms with Crippen LogP contribution in [0.4, 0.5) is 0 Å². The highest BCUT2D eigenvalue weighted by atomic mass is 16.5. The summed E-state index contributed by atoms with van der Waals surface area (Å²) in [4.78, 5) is 29.1. The number of ether oxygens (including phenoxy) is 2. The Labute approximate surface area is 176 Å². The molecule has 4 rings (SSSR count). The van der Waals surface area contributed by atoms with Crippen molar-refractivity contribution in [1.29, 1.82) is 0 Å². The molecule has 3 aromatic rings. The van der Waals surface area contributed by atoms with Crippen molar-refractivity contribution >= 4 is 11.8 Å². The Kier molecular flexibility index (Phi) is 5.70. The number of hydrogen-bond acceptors (Lipinski definition) is 4. The van der Waals surface area contributed by atoms with Gasteiger partial charge in [-0.2, -0.15) is 0 Å². The molecule has 1 N–H and O–H groups in total. The van der Waals surface area contributed by atoms with E-state index >= 15 is 0 Å². The Balaban J connectivity index is 1.71. The van der Waals surface area contributed by atoms with E-state index in [1.165, 1.54) is 0 Å². The minimum Gasteiger partial charge on any atom is -0.497 e. The highest BCUT2D eigenvalue weighted by molar-refractivity contribution is 6.04. The lowest BCUT2D eigenvalue weighted by Crippen LogP contribution is -2.19. The number of H-pyrrole nitrogens is 1. The zero-order valence-electron chi connectivity index (χ0n) is 17.2. The molecule has 1 heterocycles. The number of rotatable bonds is 6. The molecule has 0 amide bonds. The number of methoxy groups -OCH3 is 1. The van der Waals surface area contributed by atoms with Crippen LogP contribution in [-0.4, -0.2) is 30.5 Å². The molecule has 1 aromatic heterocycles. The maximum absolute atomic E-state index is 13.2. The average Bonchev–Trinajstić information content (AvgIpc) is 3.13. The number of Topliss-reactive ketones (excluding diaryl/α,β-unsaturated/α-hetero) is 1. The number of ketones is 1. The molecule has 5 heteroatoms. The van der Waals surface area contributed by atoms with Crippen LogP contribution in [0, 0.1) is 0 Å². The van der Waals surface area contributed by atoms with Gasteiger partial charge in [-0.25, -0.2) is 4.79 Å². The van der Waals surface area contributed by atoms with Crippen LogP contribution in [0.3, 0.4) is 0 Å². The number of fused-ring (bicyclic) bond motifs is 1. The van der Waals surface area contributed by atoms with Crippen molar-refractivity contribution < 1.29 is 19.1 Å². The molecular formula is C25H25NO4. The Morgan fingerprint density at radius 1 is 1.07 bits per heavy atom. The summed E-state index contributed by atoms with van der Waals surface area (Å²) in [5.74, 6) is 0.506. The second-order valence-corrected chi connectivity index (χ2v) is 7.52. The number of carbonyl (C=O) groups excluding carboxylic acids is 2. The lowest BCUT2D eigenvalue weighted by molar-refractivity contribution is 0.0519. The van der Waals surface area contributed by atoms with Gasteiger partial charge in [0.15, 0.2) is 5.78 Å². The molecule has 0 fully saturated rings. The monoisotopic (exact) mass is 403 g/mol. The molecular weight excluding hydrogens is 378 g/mol. The first-order valence-corrected chi connectivity index (χ1v) is 10.2. The first-order chi connectivity index (χ1) is 14.6. The highest BCUT2D eigenvalue weighted by Crippen LogP contribution is 2.36. The number of benzene rings is 2. The molecule has 0 saturated heterocycles. The van der Waals surface area contributed by atoms with E-state index in [0.717, 1.165) is 28.1 Å². The Bertz CT molecular complexity index is 1050. The summed E-state index contributed by atoms with van der Waals surface area (Å²) in [6, 6.07) is 17.7. The minimum atomic E-state index is -0.411. The number of esters is 1. The van der Waals surface area contributed by atoms with Crippen LogP contribution in [0.15, 0.2) is 54.6 Å². The summed E-state index contributed by atoms with van der Waals surface area (Å²) in [6.07, 6.45) is 1.61. The van der Waals surface area contributed by atoms with Gasteiger partial charge in [0, 0.05) is 24.1 Å². The van der Waals surface area contributed by atoms with Gasteiger partial charge < -0.3 is 14.5 Å². The summed E-state index contributed by atoms with van der Waals surface area (Å²) in [6.45, 7) is 2.07. The smallest absolute Gasteiger partial charge is 0.355 e. The van der Waals surface area contributed by atoms with E-state index in [-0.39, 0.29) is 18.3 Å². The van der Waals surface area contributed by atoms with Gasteiger partial charge >= 0.3 is 5.97 Å². The topological polar surface area (TPSA) is 68.4 Å². The summed E-state index contributed by atoms with van der Waals surface area (Å²) in [5, 5.41) is 0. The average molecular weight is 403 g/mol. The van der Waals surface area contributed by atoms with Crippen LogP contribution < -0.4 is 4.74 Å². The zero-order chi connectivity index (χ0) is 21.1. The van der Waals surface area contributed by atoms with Crippen LogP contribution >= 0.6 is 0 Å². The fourth-order valence-corrected chi connectivity index (χ4v) is 4.20. The second kappa shape index (κ2) is 8.57. The maximum atomic E-state index is 13.2. The van der Waals surface area contributed by atoms with Gasteiger partial charge in [-0.05, 0) is 48.1 Å². The zero-order valence-corrected chi connectivity index (χ0v) is 17.2. The van der Waals surface area contributed by atoms with E-state index < -0.39 is 5.97 Å². The lowest BCUT2D eigenvalue weighted by atomic mass is 9.80. The summed E-state index contributed by atoms with van der Waals surface area (Å²) >= 11 is 0. The van der Waals surface area contributed by atoms with Crippen molar-refractivity contribution in [2.75, 3.05) is 13.7 Å². The predicted octanol–water partition coefficient (Wildman–Crippen LogP) is 4.70. The van der Waals surface area contributed by atoms with Crippen LogP contribution in [-0.2, 0) is 17.6 Å². The summed E-state index contributed by atoms with van der Waals surface area (Å²) in [7, 11) is 1.63. The second-order valence-electron chi connectivity index (χ2n) is 7.52. The van der Waals surface area contributed by atoms with Crippen molar-refractivity contribution in [3.63, 3.8) is 0 Å². The van der Waals surface area contributed by atoms with Gasteiger partial charge in [0.05, 0.1) is 13.7 Å². The van der Waals surface area contributed by atoms with Gasteiger partial charge in [-0.3, -0.25) is 4.79 Å². The van der Waals surface area contributed by atoms with E-state index in [4.69, 9.17) is 9.47 Å². The molecule has 30 heavy (non-hydrogen) atoms. The Hall–Kier alpha value is -3.34. The molecule has 0 radical (unpaired) electrons. The Morgan fingerprint density at radius 2 is 1.80 bits per heavy atom. The summed E-state index contributed by atoms with van der Waals surface area (Å²) < 4.78 is 10.5. The molecule has 5 nitrogen and oxygen atoms in total. The third-order valence-electron chi connectivity index (χ3n) is 5.63. The largest absolute Gasteiger partial charge is 0.497 e. The third kappa shape index (κ3) is 3.88. The highest BCUT2D eigenvalue weighted by Gasteiger charge is 2.33. The standard InChI is InChI=1S/C25H25NO4/c1-3-30-25(28)24-20(13-16-7-5-4-6-8-16)23-21(26-24)14-18(15-22(23)27)17-9-11-19(29-2)12-10-17/h4-12,18,26H,3,13-15H2,1-2H3/t18-/m1/s1. The molecule has 1 atom stereocenters. The molecule has 1 aliphatic carbocycles. The van der Waals surface area contributed by atoms with E-state index in [1.807, 2.05) is 54.6 Å². The van der Waals surface area contributed by atoms with Crippen LogP contribution in [0.1, 0.15) is 62.5 Å². The number of aromatic nitrogens is 1. The number of hydrogen-bond donors (Lipinski definition) is 1.